The summed E-state index contributed by atoms with van der Waals surface area (Å²) in [5.41, 5.74) is 2.49. The summed E-state index contributed by atoms with van der Waals surface area (Å²) >= 11 is 0. The van der Waals surface area contributed by atoms with Crippen molar-refractivity contribution in [2.75, 3.05) is 0 Å². The topological polar surface area (TPSA) is 37.3 Å². The molecule has 0 spiro atoms. The lowest BCUT2D eigenvalue weighted by Gasteiger charge is -1.99. The van der Waals surface area contributed by atoms with Gasteiger partial charge in [-0.15, -0.1) is 12.4 Å². The molecule has 0 saturated heterocycles. The molecule has 0 saturated carbocycles. The van der Waals surface area contributed by atoms with Crippen molar-refractivity contribution < 1.29 is 9.90 Å². The number of aromatic carboxylic acids is 1. The van der Waals surface area contributed by atoms with E-state index in [2.05, 4.69) is 0 Å². The fraction of sp³-hybridized carbons (Fsp3) is 0.222. The smallest absolute Gasteiger partial charge is 0.335 e. The molecule has 0 radical (unpaired) electrons. The SMILES string of the molecule is Cc1ccc(C(=O)O)cc1C.Cl. The Hall–Kier alpha value is -1.02. The Morgan fingerprint density at radius 1 is 1.25 bits per heavy atom. The summed E-state index contributed by atoms with van der Waals surface area (Å²) < 4.78 is 0. The minimum atomic E-state index is -0.867. The number of hydrogen-bond donors (Lipinski definition) is 1. The molecule has 1 N–H and O–H groups in total. The van der Waals surface area contributed by atoms with Gasteiger partial charge in [0.25, 0.3) is 0 Å². The van der Waals surface area contributed by atoms with Gasteiger partial charge < -0.3 is 5.11 Å². The molecule has 0 aromatic heterocycles. The largest absolute Gasteiger partial charge is 0.478 e. The summed E-state index contributed by atoms with van der Waals surface area (Å²) in [5, 5.41) is 8.60. The fourth-order valence-corrected chi connectivity index (χ4v) is 0.874. The van der Waals surface area contributed by atoms with Crippen LogP contribution < -0.4 is 0 Å². The van der Waals surface area contributed by atoms with Crippen molar-refractivity contribution in [3.8, 4) is 0 Å². The molecule has 0 heterocycles. The zero-order valence-corrected chi connectivity index (χ0v) is 7.81. The molecule has 0 atom stereocenters. The van der Waals surface area contributed by atoms with Gasteiger partial charge in [-0.05, 0) is 37.1 Å². The monoisotopic (exact) mass is 186 g/mol. The number of rotatable bonds is 1. The summed E-state index contributed by atoms with van der Waals surface area (Å²) in [6, 6.07) is 5.11. The summed E-state index contributed by atoms with van der Waals surface area (Å²) in [6.07, 6.45) is 0. The standard InChI is InChI=1S/C9H10O2.ClH/c1-6-3-4-8(9(10)11)5-7(6)2;/h3-5H,1-2H3,(H,10,11);1H. The van der Waals surface area contributed by atoms with Crippen molar-refractivity contribution in [2.24, 2.45) is 0 Å². The second-order valence-corrected chi connectivity index (χ2v) is 2.60. The molecule has 0 amide bonds. The van der Waals surface area contributed by atoms with Gasteiger partial charge >= 0.3 is 5.97 Å². The maximum absolute atomic E-state index is 10.5. The normalized spacial score (nSPS) is 8.83. The Labute approximate surface area is 77.6 Å². The second-order valence-electron chi connectivity index (χ2n) is 2.60. The molecular formula is C9H11ClO2. The number of carbonyl (C=O) groups is 1. The molecule has 1 rings (SSSR count). The van der Waals surface area contributed by atoms with Crippen LogP contribution in [0.5, 0.6) is 0 Å². The van der Waals surface area contributed by atoms with Gasteiger partial charge in [0.2, 0.25) is 0 Å². The van der Waals surface area contributed by atoms with Crippen LogP contribution in [0.15, 0.2) is 18.2 Å². The molecule has 66 valence electrons. The van der Waals surface area contributed by atoms with Crippen molar-refractivity contribution in [3.63, 3.8) is 0 Å². The molecule has 3 heteroatoms. The van der Waals surface area contributed by atoms with Crippen LogP contribution in [-0.2, 0) is 0 Å². The average molecular weight is 187 g/mol. The molecule has 0 fully saturated rings. The van der Waals surface area contributed by atoms with Crippen molar-refractivity contribution in [1.29, 1.82) is 0 Å². The van der Waals surface area contributed by atoms with E-state index in [0.717, 1.165) is 11.1 Å². The summed E-state index contributed by atoms with van der Waals surface area (Å²) in [6.45, 7) is 3.86. The first-order chi connectivity index (χ1) is 5.11. The van der Waals surface area contributed by atoms with Crippen LogP contribution in [0.1, 0.15) is 21.5 Å². The number of aryl methyl sites for hydroxylation is 2. The number of carboxylic acids is 1. The Morgan fingerprint density at radius 3 is 2.25 bits per heavy atom. The van der Waals surface area contributed by atoms with E-state index in [0.29, 0.717) is 5.56 Å². The molecule has 0 bridgehead atoms. The number of carboxylic acid groups (broad SMARTS) is 1. The summed E-state index contributed by atoms with van der Waals surface area (Å²) in [5.74, 6) is -0.867. The lowest BCUT2D eigenvalue weighted by Crippen LogP contribution is -1.96. The maximum Gasteiger partial charge on any atom is 0.335 e. The number of hydrogen-bond acceptors (Lipinski definition) is 1. The van der Waals surface area contributed by atoms with Gasteiger partial charge in [0.05, 0.1) is 5.56 Å². The van der Waals surface area contributed by atoms with E-state index >= 15 is 0 Å². The second kappa shape index (κ2) is 4.12. The molecule has 0 aliphatic carbocycles. The van der Waals surface area contributed by atoms with Crippen molar-refractivity contribution in [1.82, 2.24) is 0 Å². The fourth-order valence-electron chi connectivity index (χ4n) is 0.874. The third-order valence-electron chi connectivity index (χ3n) is 1.75. The van der Waals surface area contributed by atoms with E-state index in [1.807, 2.05) is 19.9 Å². The molecule has 0 unspecified atom stereocenters. The number of benzene rings is 1. The van der Waals surface area contributed by atoms with Crippen LogP contribution >= 0.6 is 12.4 Å². The first-order valence-electron chi connectivity index (χ1n) is 3.42. The van der Waals surface area contributed by atoms with Crippen molar-refractivity contribution in [3.05, 3.63) is 34.9 Å². The first-order valence-corrected chi connectivity index (χ1v) is 3.42. The van der Waals surface area contributed by atoms with Gasteiger partial charge in [-0.1, -0.05) is 6.07 Å². The van der Waals surface area contributed by atoms with E-state index in [4.69, 9.17) is 5.11 Å². The number of halogens is 1. The quantitative estimate of drug-likeness (QED) is 0.732. The van der Waals surface area contributed by atoms with Crippen molar-refractivity contribution >= 4 is 18.4 Å². The molecule has 2 nitrogen and oxygen atoms in total. The van der Waals surface area contributed by atoms with Gasteiger partial charge in [-0.3, -0.25) is 0 Å². The Bertz CT molecular complexity index is 295. The lowest BCUT2D eigenvalue weighted by molar-refractivity contribution is 0.0697. The van der Waals surface area contributed by atoms with E-state index in [-0.39, 0.29) is 12.4 Å². The van der Waals surface area contributed by atoms with Gasteiger partial charge in [-0.2, -0.15) is 0 Å². The van der Waals surface area contributed by atoms with Crippen LogP contribution in [0.2, 0.25) is 0 Å². The van der Waals surface area contributed by atoms with E-state index in [9.17, 15) is 4.79 Å². The first kappa shape index (κ1) is 11.0. The van der Waals surface area contributed by atoms with Crippen LogP contribution in [0.3, 0.4) is 0 Å². The highest BCUT2D eigenvalue weighted by Crippen LogP contribution is 2.09. The zero-order valence-electron chi connectivity index (χ0n) is 7.00. The molecular weight excluding hydrogens is 176 g/mol. The van der Waals surface area contributed by atoms with Crippen LogP contribution in [0.25, 0.3) is 0 Å². The molecule has 0 aliphatic heterocycles. The van der Waals surface area contributed by atoms with Crippen LogP contribution in [0, 0.1) is 13.8 Å². The van der Waals surface area contributed by atoms with Gasteiger partial charge in [0.1, 0.15) is 0 Å². The molecule has 12 heavy (non-hydrogen) atoms. The van der Waals surface area contributed by atoms with Crippen LogP contribution in [-0.4, -0.2) is 11.1 Å². The third kappa shape index (κ3) is 2.24. The van der Waals surface area contributed by atoms with E-state index < -0.39 is 5.97 Å². The maximum atomic E-state index is 10.5. The molecule has 0 aliphatic rings. The average Bonchev–Trinajstić information content (AvgIpc) is 1.94. The minimum absolute atomic E-state index is 0. The van der Waals surface area contributed by atoms with Gasteiger partial charge in [0.15, 0.2) is 0 Å². The Kier molecular flexibility index (Phi) is 3.77. The zero-order chi connectivity index (χ0) is 8.43. The predicted molar refractivity (Wildman–Crippen MR) is 50.1 cm³/mol. The summed E-state index contributed by atoms with van der Waals surface area (Å²) in [4.78, 5) is 10.5. The third-order valence-corrected chi connectivity index (χ3v) is 1.75. The highest BCUT2D eigenvalue weighted by atomic mass is 35.5. The van der Waals surface area contributed by atoms with Gasteiger partial charge in [-0.25, -0.2) is 4.79 Å². The van der Waals surface area contributed by atoms with E-state index in [1.54, 1.807) is 12.1 Å². The van der Waals surface area contributed by atoms with Crippen molar-refractivity contribution in [2.45, 2.75) is 13.8 Å². The highest BCUT2D eigenvalue weighted by Gasteiger charge is 2.02. The van der Waals surface area contributed by atoms with Gasteiger partial charge in [0, 0.05) is 0 Å². The Balaban J connectivity index is 0.00000121. The molecule has 1 aromatic carbocycles. The lowest BCUT2D eigenvalue weighted by atomic mass is 10.1. The van der Waals surface area contributed by atoms with E-state index in [1.165, 1.54) is 0 Å². The predicted octanol–water partition coefficient (Wildman–Crippen LogP) is 2.42. The minimum Gasteiger partial charge on any atom is -0.478 e. The molecule has 1 aromatic rings. The Morgan fingerprint density at radius 2 is 1.83 bits per heavy atom. The summed E-state index contributed by atoms with van der Waals surface area (Å²) in [7, 11) is 0. The highest BCUT2D eigenvalue weighted by molar-refractivity contribution is 5.87. The van der Waals surface area contributed by atoms with Crippen LogP contribution in [0.4, 0.5) is 0 Å².